The molecular weight excluding hydrogens is 302 g/mol. The van der Waals surface area contributed by atoms with Gasteiger partial charge in [-0.25, -0.2) is 0 Å². The highest BCUT2D eigenvalue weighted by molar-refractivity contribution is 6.13. The van der Waals surface area contributed by atoms with Crippen LogP contribution in [0.2, 0.25) is 0 Å². The normalized spacial score (nSPS) is 15.9. The summed E-state index contributed by atoms with van der Waals surface area (Å²) in [7, 11) is 0. The summed E-state index contributed by atoms with van der Waals surface area (Å²) in [4.78, 5) is 4.80. The number of dihydropyridines is 1. The van der Waals surface area contributed by atoms with Gasteiger partial charge in [-0.1, -0.05) is 68.0 Å². The number of rotatable bonds is 5. The Labute approximate surface area is 151 Å². The maximum Gasteiger partial charge on any atom is 0.0680 e. The van der Waals surface area contributed by atoms with Gasteiger partial charge in [0.25, 0.3) is 0 Å². The minimum Gasteiger partial charge on any atom is -0.280 e. The van der Waals surface area contributed by atoms with E-state index in [2.05, 4.69) is 81.5 Å². The molecule has 25 heavy (non-hydrogen) atoms. The lowest BCUT2D eigenvalue weighted by atomic mass is 9.95. The minimum atomic E-state index is 0.777. The number of aliphatic imine (C=N–C) groups is 1. The van der Waals surface area contributed by atoms with E-state index in [0.717, 1.165) is 12.3 Å². The fourth-order valence-electron chi connectivity index (χ4n) is 3.27. The van der Waals surface area contributed by atoms with Gasteiger partial charge in [-0.05, 0) is 60.6 Å². The van der Waals surface area contributed by atoms with Gasteiger partial charge in [0, 0.05) is 5.56 Å². The predicted molar refractivity (Wildman–Crippen MR) is 109 cm³/mol. The van der Waals surface area contributed by atoms with E-state index in [1.807, 2.05) is 0 Å². The van der Waals surface area contributed by atoms with Crippen molar-refractivity contribution in [3.8, 4) is 11.1 Å². The maximum atomic E-state index is 4.80. The molecule has 0 unspecified atom stereocenters. The zero-order valence-electron chi connectivity index (χ0n) is 15.5. The summed E-state index contributed by atoms with van der Waals surface area (Å²) in [6, 6.07) is 17.8. The SMILES string of the molecule is CC=C1C=C(C)C(c2cccc(-c3ccc(CCCC)cc3)c2)=NC1. The number of allylic oxidation sites excluding steroid dienone is 2. The number of unbranched alkanes of at least 4 members (excludes halogenated alkanes) is 1. The molecule has 1 nitrogen and oxygen atoms in total. The first-order valence-corrected chi connectivity index (χ1v) is 9.29. The van der Waals surface area contributed by atoms with Crippen LogP contribution >= 0.6 is 0 Å². The first-order valence-electron chi connectivity index (χ1n) is 9.29. The van der Waals surface area contributed by atoms with Crippen molar-refractivity contribution in [2.24, 2.45) is 4.99 Å². The van der Waals surface area contributed by atoms with Gasteiger partial charge in [-0.3, -0.25) is 4.99 Å². The van der Waals surface area contributed by atoms with Gasteiger partial charge in [-0.15, -0.1) is 0 Å². The fourth-order valence-corrected chi connectivity index (χ4v) is 3.27. The molecule has 0 atom stereocenters. The van der Waals surface area contributed by atoms with Gasteiger partial charge in [0.2, 0.25) is 0 Å². The third-order valence-electron chi connectivity index (χ3n) is 4.81. The lowest BCUT2D eigenvalue weighted by Crippen LogP contribution is -2.09. The highest BCUT2D eigenvalue weighted by Crippen LogP contribution is 2.24. The molecule has 2 aromatic carbocycles. The predicted octanol–water partition coefficient (Wildman–Crippen LogP) is 6.39. The van der Waals surface area contributed by atoms with Gasteiger partial charge < -0.3 is 0 Å². The fraction of sp³-hybridized carbons (Fsp3) is 0.292. The second kappa shape index (κ2) is 8.11. The van der Waals surface area contributed by atoms with E-state index in [-0.39, 0.29) is 0 Å². The molecule has 2 aromatic rings. The molecular formula is C24H27N. The Morgan fingerprint density at radius 3 is 2.44 bits per heavy atom. The second-order valence-electron chi connectivity index (χ2n) is 6.74. The molecule has 0 saturated carbocycles. The zero-order valence-corrected chi connectivity index (χ0v) is 15.5. The second-order valence-corrected chi connectivity index (χ2v) is 6.74. The molecule has 0 aliphatic carbocycles. The summed E-state index contributed by atoms with van der Waals surface area (Å²) in [5.41, 5.74) is 8.81. The van der Waals surface area contributed by atoms with Crippen molar-refractivity contribution in [2.45, 2.75) is 40.0 Å². The minimum absolute atomic E-state index is 0.777. The van der Waals surface area contributed by atoms with Crippen LogP contribution in [0.25, 0.3) is 11.1 Å². The van der Waals surface area contributed by atoms with Gasteiger partial charge in [0.05, 0.1) is 12.3 Å². The Hall–Kier alpha value is -2.41. The van der Waals surface area contributed by atoms with Crippen molar-refractivity contribution in [3.05, 3.63) is 83.0 Å². The van der Waals surface area contributed by atoms with Crippen molar-refractivity contribution in [1.29, 1.82) is 0 Å². The van der Waals surface area contributed by atoms with Gasteiger partial charge in [0.15, 0.2) is 0 Å². The Balaban J connectivity index is 1.85. The van der Waals surface area contributed by atoms with E-state index < -0.39 is 0 Å². The first-order chi connectivity index (χ1) is 12.2. The Morgan fingerprint density at radius 1 is 1.00 bits per heavy atom. The molecule has 3 rings (SSSR count). The summed E-state index contributed by atoms with van der Waals surface area (Å²) in [5.74, 6) is 0. The molecule has 0 N–H and O–H groups in total. The highest BCUT2D eigenvalue weighted by atomic mass is 14.7. The number of aryl methyl sites for hydroxylation is 1. The summed E-state index contributed by atoms with van der Waals surface area (Å²) >= 11 is 0. The molecule has 1 heterocycles. The van der Waals surface area contributed by atoms with Crippen molar-refractivity contribution >= 4 is 5.71 Å². The third kappa shape index (κ3) is 4.17. The molecule has 0 bridgehead atoms. The summed E-state index contributed by atoms with van der Waals surface area (Å²) in [5, 5.41) is 0. The average molecular weight is 329 g/mol. The van der Waals surface area contributed by atoms with Crippen LogP contribution in [-0.2, 0) is 6.42 Å². The molecule has 1 aliphatic rings. The summed E-state index contributed by atoms with van der Waals surface area (Å²) in [6.45, 7) is 7.24. The van der Waals surface area contributed by atoms with E-state index in [1.54, 1.807) is 0 Å². The van der Waals surface area contributed by atoms with Crippen molar-refractivity contribution < 1.29 is 0 Å². The van der Waals surface area contributed by atoms with Crippen LogP contribution in [0.4, 0.5) is 0 Å². The third-order valence-corrected chi connectivity index (χ3v) is 4.81. The van der Waals surface area contributed by atoms with Crippen LogP contribution in [-0.4, -0.2) is 12.3 Å². The molecule has 0 fully saturated rings. The topological polar surface area (TPSA) is 12.4 Å². The summed E-state index contributed by atoms with van der Waals surface area (Å²) in [6.07, 6.45) is 8.06. The number of hydrogen-bond donors (Lipinski definition) is 0. The molecule has 0 spiro atoms. The van der Waals surface area contributed by atoms with E-state index in [0.29, 0.717) is 0 Å². The van der Waals surface area contributed by atoms with E-state index in [4.69, 9.17) is 4.99 Å². The summed E-state index contributed by atoms with van der Waals surface area (Å²) < 4.78 is 0. The maximum absolute atomic E-state index is 4.80. The first kappa shape index (κ1) is 17.4. The molecule has 0 amide bonds. The van der Waals surface area contributed by atoms with Crippen LogP contribution < -0.4 is 0 Å². The van der Waals surface area contributed by atoms with Crippen LogP contribution in [0.15, 0.2) is 76.8 Å². The number of hydrogen-bond acceptors (Lipinski definition) is 1. The quantitative estimate of drug-likeness (QED) is 0.602. The van der Waals surface area contributed by atoms with Crippen molar-refractivity contribution in [1.82, 2.24) is 0 Å². The monoisotopic (exact) mass is 329 g/mol. The van der Waals surface area contributed by atoms with E-state index in [9.17, 15) is 0 Å². The molecule has 0 radical (unpaired) electrons. The van der Waals surface area contributed by atoms with Gasteiger partial charge in [0.1, 0.15) is 0 Å². The smallest absolute Gasteiger partial charge is 0.0680 e. The lowest BCUT2D eigenvalue weighted by Gasteiger charge is -2.15. The Bertz CT molecular complexity index is 819. The molecule has 0 aromatic heterocycles. The molecule has 128 valence electrons. The van der Waals surface area contributed by atoms with E-state index >= 15 is 0 Å². The Morgan fingerprint density at radius 2 is 1.76 bits per heavy atom. The largest absolute Gasteiger partial charge is 0.280 e. The van der Waals surface area contributed by atoms with Gasteiger partial charge >= 0.3 is 0 Å². The van der Waals surface area contributed by atoms with Crippen LogP contribution in [0.1, 0.15) is 44.7 Å². The van der Waals surface area contributed by atoms with Crippen LogP contribution in [0.3, 0.4) is 0 Å². The highest BCUT2D eigenvalue weighted by Gasteiger charge is 2.12. The van der Waals surface area contributed by atoms with Crippen LogP contribution in [0.5, 0.6) is 0 Å². The number of benzene rings is 2. The van der Waals surface area contributed by atoms with Crippen LogP contribution in [0, 0.1) is 0 Å². The molecule has 1 aliphatic heterocycles. The average Bonchev–Trinajstić information content (AvgIpc) is 2.66. The molecule has 1 heteroatoms. The molecule has 0 saturated heterocycles. The zero-order chi connectivity index (χ0) is 17.6. The van der Waals surface area contributed by atoms with Gasteiger partial charge in [-0.2, -0.15) is 0 Å². The van der Waals surface area contributed by atoms with E-state index in [1.165, 1.54) is 52.7 Å². The van der Waals surface area contributed by atoms with Crippen molar-refractivity contribution in [3.63, 3.8) is 0 Å². The van der Waals surface area contributed by atoms with Crippen molar-refractivity contribution in [2.75, 3.05) is 6.54 Å². The standard InChI is InChI=1S/C24H27N/c1-4-6-8-20-11-13-21(14-12-20)22-9-7-10-23(16-22)24-18(3)15-19(5-2)17-25-24/h5,7,9-16H,4,6,8,17H2,1-3H3. The lowest BCUT2D eigenvalue weighted by molar-refractivity contribution is 0.795. The Kier molecular flexibility index (Phi) is 5.65. The number of nitrogens with zero attached hydrogens (tertiary/aromatic N) is 1.